The summed E-state index contributed by atoms with van der Waals surface area (Å²) in [6.45, 7) is 3.67. The van der Waals surface area contributed by atoms with E-state index in [1.165, 1.54) is 21.7 Å². The Morgan fingerprint density at radius 2 is 1.79 bits per heavy atom. The molecule has 2 aliphatic heterocycles. The molecule has 5 rings (SSSR count). The molecule has 0 saturated carbocycles. The van der Waals surface area contributed by atoms with E-state index in [0.717, 1.165) is 0 Å². The summed E-state index contributed by atoms with van der Waals surface area (Å²) in [5.41, 5.74) is 1.13. The number of carbonyl (C=O) groups is 2. The van der Waals surface area contributed by atoms with Gasteiger partial charge in [0.1, 0.15) is 17.4 Å². The summed E-state index contributed by atoms with van der Waals surface area (Å²) < 4.78 is 26.1. The number of halogens is 1. The molecule has 0 radical (unpaired) electrons. The van der Waals surface area contributed by atoms with Crippen molar-refractivity contribution >= 4 is 17.5 Å². The molecule has 1 saturated heterocycles. The number of benzene rings is 2. The molecule has 0 bridgehead atoms. The highest BCUT2D eigenvalue weighted by molar-refractivity contribution is 6.05. The summed E-state index contributed by atoms with van der Waals surface area (Å²) in [6, 6.07) is 12.8. The summed E-state index contributed by atoms with van der Waals surface area (Å²) in [4.78, 5) is 34.1. The minimum Gasteiger partial charge on any atom is -0.476 e. The van der Waals surface area contributed by atoms with Crippen LogP contribution in [0.25, 0.3) is 5.69 Å². The minimum atomic E-state index is -0.845. The molecular formula is C23H22FN5O4. The number of aromatic nitrogens is 3. The van der Waals surface area contributed by atoms with Gasteiger partial charge in [0.15, 0.2) is 6.10 Å². The van der Waals surface area contributed by atoms with Gasteiger partial charge < -0.3 is 14.4 Å². The fourth-order valence-electron chi connectivity index (χ4n) is 3.97. The average Bonchev–Trinajstić information content (AvgIpc) is 3.25. The predicted molar refractivity (Wildman–Crippen MR) is 116 cm³/mol. The zero-order valence-corrected chi connectivity index (χ0v) is 18.0. The van der Waals surface area contributed by atoms with Crippen molar-refractivity contribution in [1.29, 1.82) is 0 Å². The van der Waals surface area contributed by atoms with E-state index in [2.05, 4.69) is 10.1 Å². The smallest absolute Gasteiger partial charge is 0.298 e. The van der Waals surface area contributed by atoms with Crippen molar-refractivity contribution in [3.63, 3.8) is 0 Å². The quantitative estimate of drug-likeness (QED) is 0.605. The molecule has 9 nitrogen and oxygen atoms in total. The Morgan fingerprint density at radius 3 is 2.55 bits per heavy atom. The van der Waals surface area contributed by atoms with Crippen LogP contribution >= 0.6 is 0 Å². The predicted octanol–water partition coefficient (Wildman–Crippen LogP) is 1.98. The van der Waals surface area contributed by atoms with Crippen LogP contribution in [0.5, 0.6) is 5.75 Å². The second kappa shape index (κ2) is 8.62. The van der Waals surface area contributed by atoms with Crippen LogP contribution in [0.3, 0.4) is 0 Å². The molecule has 33 heavy (non-hydrogen) atoms. The first-order chi connectivity index (χ1) is 16.0. The fourth-order valence-corrected chi connectivity index (χ4v) is 3.97. The lowest BCUT2D eigenvalue weighted by molar-refractivity contribution is -0.142. The first-order valence-corrected chi connectivity index (χ1v) is 10.6. The summed E-state index contributed by atoms with van der Waals surface area (Å²) in [7, 11) is 0. The number of morpholine rings is 1. The molecule has 170 valence electrons. The van der Waals surface area contributed by atoms with Gasteiger partial charge in [-0.05, 0) is 43.3 Å². The van der Waals surface area contributed by atoms with Gasteiger partial charge >= 0.3 is 0 Å². The van der Waals surface area contributed by atoms with E-state index in [-0.39, 0.29) is 24.1 Å². The Bertz CT molecular complexity index is 1190. The standard InChI is InChI=1S/C23H22FN5O4/c1-15-25-21(26-29(15)17-8-6-16(24)7-9-17)23(31)28-14-20(22(30)27-10-12-32-13-11-27)33-19-5-3-2-4-18(19)28/h2-9,20H,10-14H2,1H3/t20-/m0/s1. The summed E-state index contributed by atoms with van der Waals surface area (Å²) in [6.07, 6.45) is -0.845. The van der Waals surface area contributed by atoms with Gasteiger partial charge in [-0.1, -0.05) is 12.1 Å². The Hall–Kier alpha value is -3.79. The van der Waals surface area contributed by atoms with E-state index in [9.17, 15) is 14.0 Å². The summed E-state index contributed by atoms with van der Waals surface area (Å²) >= 11 is 0. The minimum absolute atomic E-state index is 0.0221. The summed E-state index contributed by atoms with van der Waals surface area (Å²) in [5, 5.41) is 4.36. The maximum absolute atomic E-state index is 13.5. The van der Waals surface area contributed by atoms with Crippen molar-refractivity contribution in [3.05, 3.63) is 66.0 Å². The van der Waals surface area contributed by atoms with Crippen LogP contribution in [0.4, 0.5) is 10.1 Å². The zero-order valence-electron chi connectivity index (χ0n) is 18.0. The third-order valence-corrected chi connectivity index (χ3v) is 5.65. The van der Waals surface area contributed by atoms with Gasteiger partial charge in [-0.2, -0.15) is 0 Å². The molecule has 2 aromatic carbocycles. The Labute approximate surface area is 189 Å². The molecule has 0 spiro atoms. The maximum Gasteiger partial charge on any atom is 0.298 e. The van der Waals surface area contributed by atoms with Crippen LogP contribution in [0.1, 0.15) is 16.4 Å². The number of hydrogen-bond acceptors (Lipinski definition) is 6. The lowest BCUT2D eigenvalue weighted by Crippen LogP contribution is -2.54. The number of ether oxygens (including phenoxy) is 2. The normalized spacial score (nSPS) is 17.9. The number of aryl methyl sites for hydroxylation is 1. The van der Waals surface area contributed by atoms with Crippen LogP contribution < -0.4 is 9.64 Å². The third kappa shape index (κ3) is 4.05. The zero-order chi connectivity index (χ0) is 22.9. The van der Waals surface area contributed by atoms with Crippen molar-refractivity contribution in [2.24, 2.45) is 0 Å². The average molecular weight is 451 g/mol. The van der Waals surface area contributed by atoms with E-state index in [0.29, 0.717) is 49.3 Å². The molecule has 1 aromatic heterocycles. The van der Waals surface area contributed by atoms with Crippen LogP contribution in [-0.2, 0) is 9.53 Å². The number of para-hydroxylation sites is 2. The number of carbonyl (C=O) groups excluding carboxylic acids is 2. The fraction of sp³-hybridized carbons (Fsp3) is 0.304. The highest BCUT2D eigenvalue weighted by atomic mass is 19.1. The molecule has 2 aliphatic rings. The molecule has 10 heteroatoms. The Balaban J connectivity index is 1.44. The molecule has 2 amide bonds. The van der Waals surface area contributed by atoms with Gasteiger partial charge in [-0.15, -0.1) is 5.10 Å². The number of hydrogen-bond donors (Lipinski definition) is 0. The van der Waals surface area contributed by atoms with Gasteiger partial charge in [0.25, 0.3) is 11.8 Å². The highest BCUT2D eigenvalue weighted by Crippen LogP contribution is 2.34. The first-order valence-electron chi connectivity index (χ1n) is 10.6. The first kappa shape index (κ1) is 21.1. The van der Waals surface area contributed by atoms with Crippen LogP contribution in [0, 0.1) is 12.7 Å². The molecule has 3 heterocycles. The van der Waals surface area contributed by atoms with Crippen molar-refractivity contribution in [3.8, 4) is 11.4 Å². The molecule has 0 N–H and O–H groups in total. The number of nitrogens with zero attached hydrogens (tertiary/aromatic N) is 5. The third-order valence-electron chi connectivity index (χ3n) is 5.65. The second-order valence-electron chi connectivity index (χ2n) is 7.80. The monoisotopic (exact) mass is 451 g/mol. The largest absolute Gasteiger partial charge is 0.476 e. The van der Waals surface area contributed by atoms with Crippen LogP contribution in [-0.4, -0.2) is 70.4 Å². The van der Waals surface area contributed by atoms with Crippen molar-refractivity contribution in [2.75, 3.05) is 37.7 Å². The number of fused-ring (bicyclic) bond motifs is 1. The maximum atomic E-state index is 13.5. The molecule has 0 aliphatic carbocycles. The Kier molecular flexibility index (Phi) is 5.51. The van der Waals surface area contributed by atoms with Gasteiger partial charge in [0.05, 0.1) is 31.1 Å². The number of amides is 2. The topological polar surface area (TPSA) is 89.8 Å². The molecule has 3 aromatic rings. The van der Waals surface area contributed by atoms with Crippen LogP contribution in [0.2, 0.25) is 0 Å². The molecule has 1 fully saturated rings. The van der Waals surface area contributed by atoms with Crippen LogP contribution in [0.15, 0.2) is 48.5 Å². The molecular weight excluding hydrogens is 429 g/mol. The van der Waals surface area contributed by atoms with Gasteiger partial charge in [0.2, 0.25) is 5.82 Å². The summed E-state index contributed by atoms with van der Waals surface area (Å²) in [5.74, 6) is -0.105. The van der Waals surface area contributed by atoms with Gasteiger partial charge in [0, 0.05) is 13.1 Å². The highest BCUT2D eigenvalue weighted by Gasteiger charge is 2.37. The van der Waals surface area contributed by atoms with Crippen molar-refractivity contribution in [1.82, 2.24) is 19.7 Å². The molecule has 0 unspecified atom stereocenters. The van der Waals surface area contributed by atoms with E-state index < -0.39 is 12.0 Å². The van der Waals surface area contributed by atoms with E-state index in [4.69, 9.17) is 9.47 Å². The Morgan fingerprint density at radius 1 is 1.06 bits per heavy atom. The van der Waals surface area contributed by atoms with E-state index >= 15 is 0 Å². The van der Waals surface area contributed by atoms with E-state index in [1.807, 2.05) is 0 Å². The number of anilines is 1. The van der Waals surface area contributed by atoms with Gasteiger partial charge in [-0.25, -0.2) is 14.1 Å². The van der Waals surface area contributed by atoms with Crippen molar-refractivity contribution < 1.29 is 23.5 Å². The SMILES string of the molecule is Cc1nc(C(=O)N2C[C@@H](C(=O)N3CCOCC3)Oc3ccccc32)nn1-c1ccc(F)cc1. The molecule has 1 atom stereocenters. The van der Waals surface area contributed by atoms with E-state index in [1.54, 1.807) is 48.2 Å². The lowest BCUT2D eigenvalue weighted by atomic mass is 10.1. The van der Waals surface area contributed by atoms with Gasteiger partial charge in [-0.3, -0.25) is 14.5 Å². The second-order valence-corrected chi connectivity index (χ2v) is 7.80. The number of rotatable bonds is 3. The van der Waals surface area contributed by atoms with Crippen molar-refractivity contribution in [2.45, 2.75) is 13.0 Å². The lowest BCUT2D eigenvalue weighted by Gasteiger charge is -2.36.